The quantitative estimate of drug-likeness (QED) is 0.345. The zero-order valence-corrected chi connectivity index (χ0v) is 19.9. The number of fused-ring (bicyclic) bond motifs is 1. The van der Waals surface area contributed by atoms with Crippen molar-refractivity contribution in [3.8, 4) is 11.6 Å². The number of alkyl halides is 3. The molecule has 0 saturated carbocycles. The Morgan fingerprint density at radius 1 is 1.08 bits per heavy atom. The van der Waals surface area contributed by atoms with Gasteiger partial charge in [-0.25, -0.2) is 19.6 Å². The average Bonchev–Trinajstić information content (AvgIpc) is 3.48. The molecule has 0 N–H and O–H groups in total. The molecule has 3 aromatic heterocycles. The SMILES string of the molecule is CCOc1nc(/C=C/c2nc3n(n2)CCCC3c2ccc(C(F)(F)F)cc2)ccc1-n1cnc(C)c1. The first-order chi connectivity index (χ1) is 17.3. The number of nitrogens with zero attached hydrogens (tertiary/aromatic N) is 6. The summed E-state index contributed by atoms with van der Waals surface area (Å²) >= 11 is 0. The van der Waals surface area contributed by atoms with E-state index in [4.69, 9.17) is 9.72 Å². The van der Waals surface area contributed by atoms with Crippen molar-refractivity contribution in [1.82, 2.24) is 29.3 Å². The van der Waals surface area contributed by atoms with Crippen LogP contribution >= 0.6 is 0 Å². The van der Waals surface area contributed by atoms with Gasteiger partial charge in [0.15, 0.2) is 5.82 Å². The van der Waals surface area contributed by atoms with Crippen molar-refractivity contribution in [3.05, 3.63) is 83.1 Å². The Morgan fingerprint density at radius 2 is 1.89 bits per heavy atom. The largest absolute Gasteiger partial charge is 0.476 e. The van der Waals surface area contributed by atoms with E-state index in [2.05, 4.69) is 15.1 Å². The van der Waals surface area contributed by atoms with Crippen LogP contribution in [0.4, 0.5) is 13.2 Å². The van der Waals surface area contributed by atoms with E-state index in [9.17, 15) is 13.2 Å². The molecule has 1 atom stereocenters. The van der Waals surface area contributed by atoms with Gasteiger partial charge in [0.05, 0.1) is 29.9 Å². The Hall–Kier alpha value is -3.95. The zero-order valence-electron chi connectivity index (χ0n) is 19.9. The molecule has 4 heterocycles. The maximum Gasteiger partial charge on any atom is 0.416 e. The van der Waals surface area contributed by atoms with E-state index in [1.54, 1.807) is 12.4 Å². The lowest BCUT2D eigenvalue weighted by atomic mass is 9.90. The smallest absolute Gasteiger partial charge is 0.416 e. The monoisotopic (exact) mass is 494 g/mol. The van der Waals surface area contributed by atoms with Gasteiger partial charge in [-0.1, -0.05) is 12.1 Å². The second-order valence-electron chi connectivity index (χ2n) is 8.61. The number of aryl methyl sites for hydroxylation is 2. The molecule has 0 amide bonds. The van der Waals surface area contributed by atoms with E-state index < -0.39 is 11.7 Å². The number of imidazole rings is 1. The molecule has 0 spiro atoms. The predicted octanol–water partition coefficient (Wildman–Crippen LogP) is 5.68. The molecular weight excluding hydrogens is 469 g/mol. The molecule has 1 aliphatic heterocycles. The second-order valence-corrected chi connectivity index (χ2v) is 8.61. The van der Waals surface area contributed by atoms with Crippen molar-refractivity contribution < 1.29 is 17.9 Å². The minimum atomic E-state index is -4.35. The molecule has 1 unspecified atom stereocenters. The Balaban J connectivity index is 1.39. The van der Waals surface area contributed by atoms with Crippen LogP contribution in [0.15, 0.2) is 48.9 Å². The van der Waals surface area contributed by atoms with Gasteiger partial charge in [-0.3, -0.25) is 0 Å². The van der Waals surface area contributed by atoms with E-state index >= 15 is 0 Å². The molecule has 10 heteroatoms. The molecule has 36 heavy (non-hydrogen) atoms. The standard InChI is InChI=1S/C26H25F3N6O/c1-3-36-25-22(34-15-17(2)30-16-34)12-10-20(31-25)11-13-23-32-24-21(5-4-14-35(24)33-23)18-6-8-19(9-7-18)26(27,28)29/h6-13,15-16,21H,3-5,14H2,1-2H3/b13-11+. The summed E-state index contributed by atoms with van der Waals surface area (Å²) in [6, 6.07) is 9.13. The summed E-state index contributed by atoms with van der Waals surface area (Å²) in [5.74, 6) is 1.68. The molecule has 0 aliphatic carbocycles. The lowest BCUT2D eigenvalue weighted by Gasteiger charge is -2.22. The Kier molecular flexibility index (Phi) is 6.34. The van der Waals surface area contributed by atoms with Crippen LogP contribution < -0.4 is 4.74 Å². The van der Waals surface area contributed by atoms with Crippen LogP contribution in [0.3, 0.4) is 0 Å². The van der Waals surface area contributed by atoms with Crippen LogP contribution in [0.25, 0.3) is 17.8 Å². The fourth-order valence-corrected chi connectivity index (χ4v) is 4.35. The van der Waals surface area contributed by atoms with Crippen molar-refractivity contribution in [1.29, 1.82) is 0 Å². The van der Waals surface area contributed by atoms with Gasteiger partial charge < -0.3 is 9.30 Å². The highest BCUT2D eigenvalue weighted by atomic mass is 19.4. The van der Waals surface area contributed by atoms with Crippen LogP contribution in [-0.2, 0) is 12.7 Å². The van der Waals surface area contributed by atoms with Crippen LogP contribution in [-0.4, -0.2) is 35.9 Å². The minimum absolute atomic E-state index is 0.101. The number of hydrogen-bond donors (Lipinski definition) is 0. The Bertz CT molecular complexity index is 1390. The van der Waals surface area contributed by atoms with Crippen molar-refractivity contribution in [2.45, 2.75) is 45.3 Å². The summed E-state index contributed by atoms with van der Waals surface area (Å²) in [7, 11) is 0. The number of ether oxygens (including phenoxy) is 1. The molecule has 0 radical (unpaired) electrons. The van der Waals surface area contributed by atoms with Gasteiger partial charge in [-0.2, -0.15) is 18.3 Å². The van der Waals surface area contributed by atoms with Gasteiger partial charge in [0.2, 0.25) is 5.88 Å². The number of rotatable bonds is 6. The molecule has 5 rings (SSSR count). The Labute approximate surface area is 206 Å². The van der Waals surface area contributed by atoms with E-state index in [1.807, 2.05) is 47.5 Å². The summed E-state index contributed by atoms with van der Waals surface area (Å²) < 4.78 is 48.3. The lowest BCUT2D eigenvalue weighted by Crippen LogP contribution is -2.18. The lowest BCUT2D eigenvalue weighted by molar-refractivity contribution is -0.137. The highest BCUT2D eigenvalue weighted by Gasteiger charge is 2.31. The Morgan fingerprint density at radius 3 is 2.58 bits per heavy atom. The fourth-order valence-electron chi connectivity index (χ4n) is 4.35. The molecular formula is C26H25F3N6O. The maximum absolute atomic E-state index is 13.0. The zero-order chi connectivity index (χ0) is 25.3. The minimum Gasteiger partial charge on any atom is -0.476 e. The first kappa shape index (κ1) is 23.8. The molecule has 186 valence electrons. The fraction of sp³-hybridized carbons (Fsp3) is 0.308. The normalized spacial score (nSPS) is 15.9. The average molecular weight is 495 g/mol. The topological polar surface area (TPSA) is 70.7 Å². The van der Waals surface area contributed by atoms with Crippen molar-refractivity contribution in [2.75, 3.05) is 6.61 Å². The van der Waals surface area contributed by atoms with Crippen molar-refractivity contribution in [2.24, 2.45) is 0 Å². The molecule has 0 fully saturated rings. The molecule has 7 nitrogen and oxygen atoms in total. The maximum atomic E-state index is 13.0. The molecule has 1 aromatic carbocycles. The second kappa shape index (κ2) is 9.60. The van der Waals surface area contributed by atoms with Gasteiger partial charge >= 0.3 is 6.18 Å². The number of halogens is 3. The first-order valence-electron chi connectivity index (χ1n) is 11.8. The van der Waals surface area contributed by atoms with Crippen molar-refractivity contribution >= 4 is 12.2 Å². The van der Waals surface area contributed by atoms with Gasteiger partial charge in [-0.05, 0) is 68.7 Å². The summed E-state index contributed by atoms with van der Waals surface area (Å²) in [4.78, 5) is 13.6. The van der Waals surface area contributed by atoms with E-state index in [0.717, 1.165) is 54.3 Å². The summed E-state index contributed by atoms with van der Waals surface area (Å²) in [6.07, 6.45) is 4.56. The number of pyridine rings is 1. The molecule has 0 saturated heterocycles. The predicted molar refractivity (Wildman–Crippen MR) is 129 cm³/mol. The van der Waals surface area contributed by atoms with E-state index in [0.29, 0.717) is 24.0 Å². The van der Waals surface area contributed by atoms with E-state index in [1.165, 1.54) is 12.1 Å². The first-order valence-corrected chi connectivity index (χ1v) is 11.8. The molecule has 1 aliphatic rings. The van der Waals surface area contributed by atoms with Gasteiger partial charge in [0, 0.05) is 18.7 Å². The number of aromatic nitrogens is 6. The third kappa shape index (κ3) is 4.89. The van der Waals surface area contributed by atoms with E-state index in [-0.39, 0.29) is 5.92 Å². The van der Waals surface area contributed by atoms with Gasteiger partial charge in [-0.15, -0.1) is 0 Å². The van der Waals surface area contributed by atoms with Crippen LogP contribution in [0.2, 0.25) is 0 Å². The van der Waals surface area contributed by atoms with Gasteiger partial charge in [0.1, 0.15) is 11.5 Å². The third-order valence-corrected chi connectivity index (χ3v) is 6.07. The van der Waals surface area contributed by atoms with Crippen LogP contribution in [0, 0.1) is 6.92 Å². The summed E-state index contributed by atoms with van der Waals surface area (Å²) in [5.41, 5.74) is 2.53. The summed E-state index contributed by atoms with van der Waals surface area (Å²) in [6.45, 7) is 5.02. The summed E-state index contributed by atoms with van der Waals surface area (Å²) in [5, 5.41) is 4.59. The van der Waals surface area contributed by atoms with Crippen LogP contribution in [0.5, 0.6) is 5.88 Å². The number of hydrogen-bond acceptors (Lipinski definition) is 5. The van der Waals surface area contributed by atoms with Crippen LogP contribution in [0.1, 0.15) is 59.8 Å². The highest BCUT2D eigenvalue weighted by molar-refractivity contribution is 5.65. The highest BCUT2D eigenvalue weighted by Crippen LogP contribution is 2.35. The van der Waals surface area contributed by atoms with Gasteiger partial charge in [0.25, 0.3) is 0 Å². The molecule has 0 bridgehead atoms. The third-order valence-electron chi connectivity index (χ3n) is 6.07. The van der Waals surface area contributed by atoms with Crippen molar-refractivity contribution in [3.63, 3.8) is 0 Å². The molecule has 4 aromatic rings. The number of benzene rings is 1.